The number of methoxy groups -OCH3 is 1. The highest BCUT2D eigenvalue weighted by atomic mass is 16.5. The molecule has 0 bridgehead atoms. The lowest BCUT2D eigenvalue weighted by atomic mass is 9.93. The maximum Gasteiger partial charge on any atom is 0.219 e. The molecule has 5 heteroatoms. The zero-order valence-electron chi connectivity index (χ0n) is 15.9. The van der Waals surface area contributed by atoms with Crippen LogP contribution in [0.3, 0.4) is 0 Å². The Labute approximate surface area is 151 Å². The molecule has 25 heavy (non-hydrogen) atoms. The van der Waals surface area contributed by atoms with Crippen molar-refractivity contribution in [3.05, 3.63) is 29.8 Å². The number of carbonyl (C=O) groups excluding carboxylic acids is 1. The predicted octanol–water partition coefficient (Wildman–Crippen LogP) is 2.04. The van der Waals surface area contributed by atoms with Crippen molar-refractivity contribution >= 4 is 5.91 Å². The van der Waals surface area contributed by atoms with E-state index in [9.17, 15) is 4.79 Å². The quantitative estimate of drug-likeness (QED) is 0.837. The van der Waals surface area contributed by atoms with E-state index in [1.54, 1.807) is 14.0 Å². The zero-order valence-corrected chi connectivity index (χ0v) is 15.9. The highest BCUT2D eigenvalue weighted by Gasteiger charge is 2.39. The SMILES string of the molecule is COc1ccc([C@@H]2CN(C3CCN(C(C)=O)CC3)C[C@H]2N(C)C)cc1. The largest absolute Gasteiger partial charge is 0.497 e. The molecule has 0 aromatic heterocycles. The molecule has 1 amide bonds. The summed E-state index contributed by atoms with van der Waals surface area (Å²) in [6.07, 6.45) is 2.18. The Hall–Kier alpha value is -1.59. The standard InChI is InChI=1S/C20H31N3O2/c1-15(24)22-11-9-17(10-12-22)23-13-19(20(14-23)21(2)3)16-5-7-18(25-4)8-6-16/h5-8,17,19-20H,9-14H2,1-4H3/t19-,20+/m0/s1. The van der Waals surface area contributed by atoms with Gasteiger partial charge in [-0.2, -0.15) is 0 Å². The minimum atomic E-state index is 0.210. The van der Waals surface area contributed by atoms with Gasteiger partial charge in [-0.1, -0.05) is 12.1 Å². The third-order valence-electron chi connectivity index (χ3n) is 5.95. The van der Waals surface area contributed by atoms with Crippen LogP contribution in [0.5, 0.6) is 5.75 Å². The third kappa shape index (κ3) is 3.98. The molecule has 2 saturated heterocycles. The Balaban J connectivity index is 1.69. The summed E-state index contributed by atoms with van der Waals surface area (Å²) in [7, 11) is 6.08. The van der Waals surface area contributed by atoms with E-state index in [0.717, 1.165) is 44.8 Å². The molecule has 2 fully saturated rings. The van der Waals surface area contributed by atoms with Gasteiger partial charge in [0.1, 0.15) is 5.75 Å². The second-order valence-electron chi connectivity index (χ2n) is 7.60. The summed E-state index contributed by atoms with van der Waals surface area (Å²) >= 11 is 0. The van der Waals surface area contributed by atoms with Crippen LogP contribution in [0, 0.1) is 0 Å². The van der Waals surface area contributed by atoms with E-state index >= 15 is 0 Å². The van der Waals surface area contributed by atoms with Crippen LogP contribution in [-0.4, -0.2) is 80.1 Å². The monoisotopic (exact) mass is 345 g/mol. The molecule has 0 unspecified atom stereocenters. The molecule has 0 aliphatic carbocycles. The van der Waals surface area contributed by atoms with Gasteiger partial charge < -0.3 is 14.5 Å². The summed E-state index contributed by atoms with van der Waals surface area (Å²) in [5, 5.41) is 0. The first-order chi connectivity index (χ1) is 12.0. The average molecular weight is 345 g/mol. The van der Waals surface area contributed by atoms with E-state index in [0.29, 0.717) is 18.0 Å². The van der Waals surface area contributed by atoms with Gasteiger partial charge in [0.05, 0.1) is 7.11 Å². The minimum Gasteiger partial charge on any atom is -0.497 e. The van der Waals surface area contributed by atoms with Crippen molar-refractivity contribution in [3.8, 4) is 5.75 Å². The average Bonchev–Trinajstić information content (AvgIpc) is 3.07. The first kappa shape index (κ1) is 18.2. The fourth-order valence-corrected chi connectivity index (χ4v) is 4.36. The molecule has 2 heterocycles. The van der Waals surface area contributed by atoms with Gasteiger partial charge in [-0.3, -0.25) is 9.69 Å². The van der Waals surface area contributed by atoms with E-state index in [4.69, 9.17) is 4.74 Å². The van der Waals surface area contributed by atoms with Crippen LogP contribution in [-0.2, 0) is 4.79 Å². The number of likely N-dealkylation sites (tertiary alicyclic amines) is 2. The van der Waals surface area contributed by atoms with Crippen LogP contribution in [0.4, 0.5) is 0 Å². The second-order valence-corrected chi connectivity index (χ2v) is 7.60. The van der Waals surface area contributed by atoms with Gasteiger partial charge in [-0.25, -0.2) is 0 Å². The summed E-state index contributed by atoms with van der Waals surface area (Å²) in [6.45, 7) is 5.68. The molecule has 2 aliphatic heterocycles. The van der Waals surface area contributed by atoms with Crippen molar-refractivity contribution in [2.75, 3.05) is 47.4 Å². The highest BCUT2D eigenvalue weighted by Crippen LogP contribution is 2.34. The number of benzene rings is 1. The van der Waals surface area contributed by atoms with Gasteiger partial charge in [-0.15, -0.1) is 0 Å². The molecule has 1 aromatic rings. The molecular formula is C20H31N3O2. The number of likely N-dealkylation sites (N-methyl/N-ethyl adjacent to an activating group) is 1. The number of piperidine rings is 1. The number of hydrogen-bond donors (Lipinski definition) is 0. The molecule has 5 nitrogen and oxygen atoms in total. The number of ether oxygens (including phenoxy) is 1. The molecule has 0 saturated carbocycles. The van der Waals surface area contributed by atoms with Gasteiger partial charge in [0.15, 0.2) is 0 Å². The van der Waals surface area contributed by atoms with Crippen LogP contribution in [0.2, 0.25) is 0 Å². The van der Waals surface area contributed by atoms with E-state index in [1.807, 2.05) is 4.90 Å². The maximum absolute atomic E-state index is 11.6. The van der Waals surface area contributed by atoms with E-state index in [2.05, 4.69) is 48.2 Å². The Kier molecular flexibility index (Phi) is 5.64. The van der Waals surface area contributed by atoms with Crippen molar-refractivity contribution < 1.29 is 9.53 Å². The van der Waals surface area contributed by atoms with Crippen molar-refractivity contribution in [1.29, 1.82) is 0 Å². The van der Waals surface area contributed by atoms with Crippen LogP contribution in [0.15, 0.2) is 24.3 Å². The fourth-order valence-electron chi connectivity index (χ4n) is 4.36. The van der Waals surface area contributed by atoms with Gasteiger partial charge in [-0.05, 0) is 44.6 Å². The zero-order chi connectivity index (χ0) is 18.0. The summed E-state index contributed by atoms with van der Waals surface area (Å²) < 4.78 is 5.30. The summed E-state index contributed by atoms with van der Waals surface area (Å²) in [5.41, 5.74) is 1.39. The lowest BCUT2D eigenvalue weighted by Gasteiger charge is -2.36. The van der Waals surface area contributed by atoms with Crippen molar-refractivity contribution in [2.24, 2.45) is 0 Å². The normalized spacial score (nSPS) is 25.6. The molecular weight excluding hydrogens is 314 g/mol. The molecule has 0 spiro atoms. The van der Waals surface area contributed by atoms with Crippen LogP contribution in [0.1, 0.15) is 31.2 Å². The lowest BCUT2D eigenvalue weighted by molar-refractivity contribution is -0.130. The third-order valence-corrected chi connectivity index (χ3v) is 5.95. The minimum absolute atomic E-state index is 0.210. The van der Waals surface area contributed by atoms with Gasteiger partial charge in [0, 0.05) is 51.1 Å². The molecule has 2 aliphatic rings. The summed E-state index contributed by atoms with van der Waals surface area (Å²) in [4.78, 5) is 18.5. The van der Waals surface area contributed by atoms with E-state index in [1.165, 1.54) is 5.56 Å². The van der Waals surface area contributed by atoms with Crippen LogP contribution < -0.4 is 4.74 Å². The highest BCUT2D eigenvalue weighted by molar-refractivity contribution is 5.73. The van der Waals surface area contributed by atoms with E-state index < -0.39 is 0 Å². The molecule has 3 rings (SSSR count). The Morgan fingerprint density at radius 1 is 1.12 bits per heavy atom. The molecule has 1 aromatic carbocycles. The maximum atomic E-state index is 11.6. The Morgan fingerprint density at radius 3 is 2.28 bits per heavy atom. The summed E-state index contributed by atoms with van der Waals surface area (Å²) in [6, 6.07) is 9.68. The molecule has 0 N–H and O–H groups in total. The Morgan fingerprint density at radius 2 is 1.76 bits per heavy atom. The summed E-state index contributed by atoms with van der Waals surface area (Å²) in [5.74, 6) is 1.64. The smallest absolute Gasteiger partial charge is 0.219 e. The second kappa shape index (κ2) is 7.75. The fraction of sp³-hybridized carbons (Fsp3) is 0.650. The molecule has 0 radical (unpaired) electrons. The predicted molar refractivity (Wildman–Crippen MR) is 100 cm³/mol. The number of amides is 1. The van der Waals surface area contributed by atoms with Gasteiger partial charge >= 0.3 is 0 Å². The first-order valence-corrected chi connectivity index (χ1v) is 9.29. The van der Waals surface area contributed by atoms with Crippen molar-refractivity contribution in [2.45, 2.75) is 37.8 Å². The molecule has 138 valence electrons. The van der Waals surface area contributed by atoms with Crippen molar-refractivity contribution in [1.82, 2.24) is 14.7 Å². The van der Waals surface area contributed by atoms with Crippen molar-refractivity contribution in [3.63, 3.8) is 0 Å². The number of rotatable bonds is 4. The lowest BCUT2D eigenvalue weighted by Crippen LogP contribution is -2.46. The van der Waals surface area contributed by atoms with Gasteiger partial charge in [0.2, 0.25) is 5.91 Å². The van der Waals surface area contributed by atoms with Crippen LogP contribution in [0.25, 0.3) is 0 Å². The molecule has 2 atom stereocenters. The van der Waals surface area contributed by atoms with Gasteiger partial charge in [0.25, 0.3) is 0 Å². The number of hydrogen-bond acceptors (Lipinski definition) is 4. The topological polar surface area (TPSA) is 36.0 Å². The number of carbonyl (C=O) groups is 1. The Bertz CT molecular complexity index is 579. The van der Waals surface area contributed by atoms with Crippen LogP contribution >= 0.6 is 0 Å². The first-order valence-electron chi connectivity index (χ1n) is 9.29. The van der Waals surface area contributed by atoms with E-state index in [-0.39, 0.29) is 5.91 Å². The number of nitrogens with zero attached hydrogens (tertiary/aromatic N) is 3.